The van der Waals surface area contributed by atoms with Crippen molar-refractivity contribution in [3.05, 3.63) is 24.3 Å². The molecule has 1 N–H and O–H groups in total. The molecule has 2 saturated heterocycles. The van der Waals surface area contributed by atoms with Crippen molar-refractivity contribution in [3.63, 3.8) is 0 Å². The number of nitrogens with zero attached hydrogens (tertiary/aromatic N) is 4. The predicted molar refractivity (Wildman–Crippen MR) is 128 cm³/mol. The number of methoxy groups -OCH3 is 1. The number of para-hydroxylation sites is 2. The van der Waals surface area contributed by atoms with Gasteiger partial charge in [0.15, 0.2) is 5.96 Å². The van der Waals surface area contributed by atoms with Crippen LogP contribution >= 0.6 is 24.0 Å². The van der Waals surface area contributed by atoms with E-state index in [4.69, 9.17) is 4.74 Å². The van der Waals surface area contributed by atoms with E-state index in [1.165, 1.54) is 38.0 Å². The summed E-state index contributed by atoms with van der Waals surface area (Å²) in [6, 6.07) is 8.89. The molecule has 2 heterocycles. The second kappa shape index (κ2) is 11.7. The summed E-state index contributed by atoms with van der Waals surface area (Å²) < 4.78 is 5.52. The van der Waals surface area contributed by atoms with Crippen LogP contribution in [0, 0.1) is 0 Å². The average molecular weight is 501 g/mol. The van der Waals surface area contributed by atoms with E-state index in [0.717, 1.165) is 44.4 Å². The molecule has 158 valence electrons. The maximum atomic E-state index is 5.52. The van der Waals surface area contributed by atoms with Crippen LogP contribution in [0.4, 0.5) is 5.69 Å². The normalized spacial score (nSPS) is 19.3. The summed E-state index contributed by atoms with van der Waals surface area (Å²) in [7, 11) is 3.64. The third kappa shape index (κ3) is 5.65. The van der Waals surface area contributed by atoms with Crippen LogP contribution in [0.1, 0.15) is 26.2 Å². The smallest absolute Gasteiger partial charge is 0.193 e. The number of benzene rings is 1. The van der Waals surface area contributed by atoms with E-state index < -0.39 is 0 Å². The first-order valence-corrected chi connectivity index (χ1v) is 10.3. The number of ether oxygens (including phenoxy) is 1. The fourth-order valence-electron chi connectivity index (χ4n) is 4.23. The summed E-state index contributed by atoms with van der Waals surface area (Å²) in [6.07, 6.45) is 3.87. The summed E-state index contributed by atoms with van der Waals surface area (Å²) in [5.74, 6) is 1.98. The second-order valence-electron chi connectivity index (χ2n) is 7.38. The van der Waals surface area contributed by atoms with Gasteiger partial charge in [-0.05, 0) is 44.5 Å². The minimum Gasteiger partial charge on any atom is -0.495 e. The van der Waals surface area contributed by atoms with Crippen LogP contribution in [0.15, 0.2) is 29.3 Å². The molecule has 1 aromatic rings. The fourth-order valence-corrected chi connectivity index (χ4v) is 4.23. The fraction of sp³-hybridized carbons (Fsp3) is 0.667. The molecule has 6 nitrogen and oxygen atoms in total. The van der Waals surface area contributed by atoms with Gasteiger partial charge in [0.25, 0.3) is 0 Å². The summed E-state index contributed by atoms with van der Waals surface area (Å²) in [5.41, 5.74) is 1.18. The van der Waals surface area contributed by atoms with Crippen LogP contribution in [0.2, 0.25) is 0 Å². The number of halogens is 1. The number of hydrogen-bond donors (Lipinski definition) is 1. The van der Waals surface area contributed by atoms with Crippen LogP contribution < -0.4 is 15.0 Å². The maximum absolute atomic E-state index is 5.52. The first-order valence-electron chi connectivity index (χ1n) is 10.3. The highest BCUT2D eigenvalue weighted by Crippen LogP contribution is 2.28. The van der Waals surface area contributed by atoms with Crippen molar-refractivity contribution >= 4 is 35.6 Å². The molecule has 0 saturated carbocycles. The van der Waals surface area contributed by atoms with Gasteiger partial charge in [0, 0.05) is 45.8 Å². The molecule has 0 aromatic heterocycles. The zero-order chi connectivity index (χ0) is 19.1. The average Bonchev–Trinajstić information content (AvgIpc) is 3.26. The number of likely N-dealkylation sites (tertiary alicyclic amines) is 1. The van der Waals surface area contributed by atoms with Crippen LogP contribution in [-0.4, -0.2) is 81.8 Å². The highest BCUT2D eigenvalue weighted by Gasteiger charge is 2.24. The molecule has 0 bridgehead atoms. The van der Waals surface area contributed by atoms with Crippen molar-refractivity contribution in [2.75, 3.05) is 64.9 Å². The quantitative estimate of drug-likeness (QED) is 0.369. The third-order valence-electron chi connectivity index (χ3n) is 5.84. The van der Waals surface area contributed by atoms with Gasteiger partial charge in [0.1, 0.15) is 5.75 Å². The second-order valence-corrected chi connectivity index (χ2v) is 7.38. The highest BCUT2D eigenvalue weighted by molar-refractivity contribution is 14.0. The van der Waals surface area contributed by atoms with Gasteiger partial charge in [-0.15, -0.1) is 24.0 Å². The van der Waals surface area contributed by atoms with Gasteiger partial charge in [-0.1, -0.05) is 19.1 Å². The Labute approximate surface area is 187 Å². The Bertz CT molecular complexity index is 613. The molecule has 3 rings (SSSR count). The highest BCUT2D eigenvalue weighted by atomic mass is 127. The molecule has 0 spiro atoms. The zero-order valence-electron chi connectivity index (χ0n) is 17.6. The molecular weight excluding hydrogens is 465 g/mol. The van der Waals surface area contributed by atoms with Crippen molar-refractivity contribution in [1.29, 1.82) is 0 Å². The summed E-state index contributed by atoms with van der Waals surface area (Å²) in [6.45, 7) is 9.66. The molecule has 1 unspecified atom stereocenters. The number of rotatable bonds is 6. The molecule has 1 atom stereocenters. The Kier molecular flexibility index (Phi) is 9.64. The van der Waals surface area contributed by atoms with Gasteiger partial charge in [-0.25, -0.2) is 0 Å². The van der Waals surface area contributed by atoms with Gasteiger partial charge in [0.05, 0.1) is 12.8 Å². The van der Waals surface area contributed by atoms with E-state index in [0.29, 0.717) is 6.04 Å². The van der Waals surface area contributed by atoms with Crippen LogP contribution in [0.25, 0.3) is 0 Å². The largest absolute Gasteiger partial charge is 0.495 e. The minimum absolute atomic E-state index is 0. The molecule has 2 fully saturated rings. The van der Waals surface area contributed by atoms with Crippen molar-refractivity contribution in [1.82, 2.24) is 15.1 Å². The molecule has 2 aliphatic rings. The summed E-state index contributed by atoms with van der Waals surface area (Å²) >= 11 is 0. The number of hydrogen-bond acceptors (Lipinski definition) is 4. The Morgan fingerprint density at radius 1 is 1.11 bits per heavy atom. The predicted octanol–water partition coefficient (Wildman–Crippen LogP) is 2.89. The Morgan fingerprint density at radius 3 is 2.39 bits per heavy atom. The van der Waals surface area contributed by atoms with Gasteiger partial charge >= 0.3 is 0 Å². The third-order valence-corrected chi connectivity index (χ3v) is 5.84. The first-order chi connectivity index (χ1) is 13.3. The van der Waals surface area contributed by atoms with Crippen molar-refractivity contribution < 1.29 is 4.74 Å². The number of nitrogens with one attached hydrogen (secondary N) is 1. The van der Waals surface area contributed by atoms with E-state index in [1.54, 1.807) is 7.11 Å². The van der Waals surface area contributed by atoms with Gasteiger partial charge in [0.2, 0.25) is 0 Å². The molecule has 7 heteroatoms. The first kappa shape index (κ1) is 23.1. The van der Waals surface area contributed by atoms with Gasteiger partial charge in [-0.3, -0.25) is 9.89 Å². The lowest BCUT2D eigenvalue weighted by molar-refractivity contribution is 0.234. The molecule has 28 heavy (non-hydrogen) atoms. The molecule has 0 radical (unpaired) electrons. The summed E-state index contributed by atoms with van der Waals surface area (Å²) in [5, 5.41) is 3.64. The van der Waals surface area contributed by atoms with Crippen LogP contribution in [-0.2, 0) is 0 Å². The van der Waals surface area contributed by atoms with E-state index in [1.807, 2.05) is 19.2 Å². The van der Waals surface area contributed by atoms with Crippen LogP contribution in [0.3, 0.4) is 0 Å². The number of anilines is 1. The van der Waals surface area contributed by atoms with Gasteiger partial charge in [-0.2, -0.15) is 0 Å². The summed E-state index contributed by atoms with van der Waals surface area (Å²) in [4.78, 5) is 12.0. The Balaban J connectivity index is 0.00000280. The lowest BCUT2D eigenvalue weighted by atomic mass is 10.2. The standard InChI is InChI=1S/C21H35N5O.HI/c1-4-18(24-11-7-8-12-24)17-23-21(22-2)26-15-13-25(14-16-26)19-9-5-6-10-20(19)27-3;/h5-6,9-10,18H,4,7-8,11-17H2,1-3H3,(H,22,23);1H. The van der Waals surface area contributed by atoms with E-state index in [2.05, 4.69) is 44.1 Å². The minimum atomic E-state index is 0. The zero-order valence-corrected chi connectivity index (χ0v) is 19.9. The number of guanidine groups is 1. The molecular formula is C21H36IN5O. The Hall–Kier alpha value is -1.22. The number of piperazine rings is 1. The van der Waals surface area contributed by atoms with E-state index in [-0.39, 0.29) is 24.0 Å². The molecule has 0 aliphatic carbocycles. The van der Waals surface area contributed by atoms with Gasteiger partial charge < -0.3 is 19.9 Å². The molecule has 0 amide bonds. The maximum Gasteiger partial charge on any atom is 0.193 e. The Morgan fingerprint density at radius 2 is 1.79 bits per heavy atom. The SMILES string of the molecule is CCC(CNC(=NC)N1CCN(c2ccccc2OC)CC1)N1CCCC1.I. The monoisotopic (exact) mass is 501 g/mol. The molecule has 1 aromatic carbocycles. The van der Waals surface area contributed by atoms with E-state index >= 15 is 0 Å². The molecule has 2 aliphatic heterocycles. The van der Waals surface area contributed by atoms with Crippen molar-refractivity contribution in [2.45, 2.75) is 32.2 Å². The van der Waals surface area contributed by atoms with E-state index in [9.17, 15) is 0 Å². The van der Waals surface area contributed by atoms with Crippen molar-refractivity contribution in [2.24, 2.45) is 4.99 Å². The lowest BCUT2D eigenvalue weighted by Gasteiger charge is -2.38. The number of aliphatic imine (C=N–C) groups is 1. The van der Waals surface area contributed by atoms with Crippen LogP contribution in [0.5, 0.6) is 5.75 Å². The topological polar surface area (TPSA) is 43.3 Å². The lowest BCUT2D eigenvalue weighted by Crippen LogP contribution is -2.54. The van der Waals surface area contributed by atoms with Crippen molar-refractivity contribution in [3.8, 4) is 5.75 Å².